The maximum atomic E-state index is 12.5. The van der Waals surface area contributed by atoms with Crippen LogP contribution in [0.2, 0.25) is 0 Å². The number of nitrogens with two attached hydrogens (primary N) is 1. The van der Waals surface area contributed by atoms with Crippen LogP contribution in [-0.4, -0.2) is 36.4 Å². The molecule has 3 N–H and O–H groups in total. The molecule has 1 amide bonds. The molecule has 0 saturated heterocycles. The Kier molecular flexibility index (Phi) is 4.73. The number of aromatic nitrogens is 2. The van der Waals surface area contributed by atoms with Crippen LogP contribution < -0.4 is 20.5 Å². The molecule has 0 atom stereocenters. The van der Waals surface area contributed by atoms with Crippen LogP contribution in [-0.2, 0) is 0 Å². The summed E-state index contributed by atoms with van der Waals surface area (Å²) in [4.78, 5) is 12.5. The molecule has 2 aromatic carbocycles. The van der Waals surface area contributed by atoms with Gasteiger partial charge in [-0.2, -0.15) is 0 Å². The van der Waals surface area contributed by atoms with E-state index in [1.807, 2.05) is 36.4 Å². The molecule has 0 aliphatic heterocycles. The lowest BCUT2D eigenvalue weighted by Gasteiger charge is -2.26. The number of carbonyl (C=O) groups is 1. The van der Waals surface area contributed by atoms with Gasteiger partial charge in [0, 0.05) is 22.6 Å². The lowest BCUT2D eigenvalue weighted by atomic mass is 9.93. The fourth-order valence-electron chi connectivity index (χ4n) is 3.44. The highest BCUT2D eigenvalue weighted by molar-refractivity contribution is 6.08. The first-order valence-corrected chi connectivity index (χ1v) is 9.21. The van der Waals surface area contributed by atoms with Gasteiger partial charge in [0.15, 0.2) is 17.2 Å². The topological polar surface area (TPSA) is 99.4 Å². The number of amides is 1. The van der Waals surface area contributed by atoms with Crippen molar-refractivity contribution >= 4 is 22.5 Å². The van der Waals surface area contributed by atoms with Crippen molar-refractivity contribution in [3.05, 3.63) is 42.1 Å². The number of fused-ring (bicyclic) bond motifs is 1. The SMILES string of the molecule is COc1cccc(-c2cccc3c(N)c(C(=O)NC4CCC4)nnc23)c1OC. The van der Waals surface area contributed by atoms with Gasteiger partial charge in [-0.15, -0.1) is 10.2 Å². The third kappa shape index (κ3) is 2.98. The van der Waals surface area contributed by atoms with Crippen molar-refractivity contribution in [3.63, 3.8) is 0 Å². The highest BCUT2D eigenvalue weighted by atomic mass is 16.5. The smallest absolute Gasteiger partial charge is 0.274 e. The zero-order valence-electron chi connectivity index (χ0n) is 15.9. The van der Waals surface area contributed by atoms with Crippen LogP contribution in [0.4, 0.5) is 5.69 Å². The summed E-state index contributed by atoms with van der Waals surface area (Å²) in [6, 6.07) is 11.5. The standard InChI is InChI=1S/C21H22N4O3/c1-27-16-11-5-9-14(20(16)28-2)13-8-4-10-15-17(22)19(25-24-18(13)15)21(26)23-12-6-3-7-12/h4-5,8-12H,3,6-7H2,1-2H3,(H2,22,24)(H,23,26). The summed E-state index contributed by atoms with van der Waals surface area (Å²) in [5.74, 6) is 0.945. The maximum absolute atomic E-state index is 12.5. The lowest BCUT2D eigenvalue weighted by Crippen LogP contribution is -2.40. The molecule has 1 saturated carbocycles. The van der Waals surface area contributed by atoms with Gasteiger partial charge in [-0.1, -0.05) is 30.3 Å². The molecule has 28 heavy (non-hydrogen) atoms. The number of rotatable bonds is 5. The first-order chi connectivity index (χ1) is 13.6. The van der Waals surface area contributed by atoms with E-state index < -0.39 is 0 Å². The van der Waals surface area contributed by atoms with Gasteiger partial charge < -0.3 is 20.5 Å². The quantitative estimate of drug-likeness (QED) is 0.707. The number of hydrogen-bond donors (Lipinski definition) is 2. The predicted molar refractivity (Wildman–Crippen MR) is 108 cm³/mol. The summed E-state index contributed by atoms with van der Waals surface area (Å²) in [7, 11) is 3.19. The van der Waals surface area contributed by atoms with E-state index in [0.29, 0.717) is 28.1 Å². The van der Waals surface area contributed by atoms with Crippen molar-refractivity contribution in [2.24, 2.45) is 0 Å². The molecule has 0 bridgehead atoms. The molecule has 4 rings (SSSR count). The van der Waals surface area contributed by atoms with E-state index >= 15 is 0 Å². The Morgan fingerprint density at radius 1 is 1.07 bits per heavy atom. The minimum Gasteiger partial charge on any atom is -0.493 e. The van der Waals surface area contributed by atoms with Crippen LogP contribution in [0.5, 0.6) is 11.5 Å². The second-order valence-corrected chi connectivity index (χ2v) is 6.81. The van der Waals surface area contributed by atoms with E-state index in [-0.39, 0.29) is 17.6 Å². The fraction of sp³-hybridized carbons (Fsp3) is 0.286. The number of nitrogens with one attached hydrogen (secondary N) is 1. The fourth-order valence-corrected chi connectivity index (χ4v) is 3.44. The average Bonchev–Trinajstić information content (AvgIpc) is 2.69. The number of anilines is 1. The Morgan fingerprint density at radius 2 is 1.82 bits per heavy atom. The van der Waals surface area contributed by atoms with Crippen LogP contribution in [0.3, 0.4) is 0 Å². The van der Waals surface area contributed by atoms with Crippen LogP contribution in [0.1, 0.15) is 29.8 Å². The molecule has 7 heteroatoms. The second kappa shape index (κ2) is 7.34. The van der Waals surface area contributed by atoms with Crippen molar-refractivity contribution in [2.45, 2.75) is 25.3 Å². The number of benzene rings is 2. The molecule has 3 aromatic rings. The van der Waals surface area contributed by atoms with Crippen molar-refractivity contribution in [1.29, 1.82) is 0 Å². The van der Waals surface area contributed by atoms with Crippen molar-refractivity contribution in [2.75, 3.05) is 20.0 Å². The Bertz CT molecular complexity index is 1050. The van der Waals surface area contributed by atoms with Crippen molar-refractivity contribution in [1.82, 2.24) is 15.5 Å². The summed E-state index contributed by atoms with van der Waals surface area (Å²) < 4.78 is 11.0. The minimum absolute atomic E-state index is 0.161. The van der Waals surface area contributed by atoms with Gasteiger partial charge in [0.05, 0.1) is 19.9 Å². The summed E-state index contributed by atoms with van der Waals surface area (Å²) in [6.45, 7) is 0. The van der Waals surface area contributed by atoms with Gasteiger partial charge in [-0.25, -0.2) is 0 Å². The molecule has 144 valence electrons. The van der Waals surface area contributed by atoms with E-state index in [2.05, 4.69) is 15.5 Å². The zero-order valence-corrected chi connectivity index (χ0v) is 15.9. The first-order valence-electron chi connectivity index (χ1n) is 9.21. The minimum atomic E-state index is -0.277. The summed E-state index contributed by atoms with van der Waals surface area (Å²) >= 11 is 0. The molecule has 1 aliphatic carbocycles. The highest BCUT2D eigenvalue weighted by Crippen LogP contribution is 2.40. The molecular formula is C21H22N4O3. The number of carbonyl (C=O) groups excluding carboxylic acids is 1. The van der Waals surface area contributed by atoms with Gasteiger partial charge >= 0.3 is 0 Å². The van der Waals surface area contributed by atoms with E-state index in [1.54, 1.807) is 14.2 Å². The third-order valence-corrected chi connectivity index (χ3v) is 5.18. The van der Waals surface area contributed by atoms with Crippen LogP contribution in [0.15, 0.2) is 36.4 Å². The largest absolute Gasteiger partial charge is 0.493 e. The molecular weight excluding hydrogens is 356 g/mol. The summed E-state index contributed by atoms with van der Waals surface area (Å²) in [6.07, 6.45) is 3.12. The third-order valence-electron chi connectivity index (χ3n) is 5.18. The van der Waals surface area contributed by atoms with E-state index in [1.165, 1.54) is 0 Å². The van der Waals surface area contributed by atoms with Gasteiger partial charge in [0.2, 0.25) is 0 Å². The van der Waals surface area contributed by atoms with Gasteiger partial charge in [-0.05, 0) is 25.3 Å². The Balaban J connectivity index is 1.82. The van der Waals surface area contributed by atoms with E-state index in [9.17, 15) is 4.79 Å². The van der Waals surface area contributed by atoms with Crippen molar-refractivity contribution < 1.29 is 14.3 Å². The van der Waals surface area contributed by atoms with Crippen LogP contribution in [0, 0.1) is 0 Å². The Morgan fingerprint density at radius 3 is 2.50 bits per heavy atom. The van der Waals surface area contributed by atoms with Crippen LogP contribution in [0.25, 0.3) is 22.0 Å². The van der Waals surface area contributed by atoms with Crippen molar-refractivity contribution in [3.8, 4) is 22.6 Å². The number of methoxy groups -OCH3 is 2. The summed E-state index contributed by atoms with van der Waals surface area (Å²) in [5, 5.41) is 12.1. The number of hydrogen-bond acceptors (Lipinski definition) is 6. The summed E-state index contributed by atoms with van der Waals surface area (Å²) in [5.41, 5.74) is 9.02. The first kappa shape index (κ1) is 18.0. The monoisotopic (exact) mass is 378 g/mol. The highest BCUT2D eigenvalue weighted by Gasteiger charge is 2.24. The second-order valence-electron chi connectivity index (χ2n) is 6.81. The van der Waals surface area contributed by atoms with Gasteiger partial charge in [0.25, 0.3) is 5.91 Å². The number of ether oxygens (including phenoxy) is 2. The normalized spacial score (nSPS) is 13.8. The number of para-hydroxylation sites is 1. The Hall–Kier alpha value is -3.35. The maximum Gasteiger partial charge on any atom is 0.274 e. The number of nitrogens with zero attached hydrogens (tertiary/aromatic N) is 2. The van der Waals surface area contributed by atoms with Crippen LogP contribution >= 0.6 is 0 Å². The number of nitrogen functional groups attached to an aromatic ring is 1. The van der Waals surface area contributed by atoms with E-state index in [4.69, 9.17) is 15.2 Å². The molecule has 1 heterocycles. The van der Waals surface area contributed by atoms with E-state index in [0.717, 1.165) is 30.4 Å². The molecule has 1 aromatic heterocycles. The molecule has 0 spiro atoms. The molecule has 0 unspecified atom stereocenters. The molecule has 0 radical (unpaired) electrons. The zero-order chi connectivity index (χ0) is 19.7. The Labute approximate surface area is 162 Å². The predicted octanol–water partition coefficient (Wildman–Crippen LogP) is 3.18. The lowest BCUT2D eigenvalue weighted by molar-refractivity contribution is 0.0912. The average molecular weight is 378 g/mol. The molecule has 1 aliphatic rings. The van der Waals surface area contributed by atoms with Gasteiger partial charge in [0.1, 0.15) is 5.52 Å². The van der Waals surface area contributed by atoms with Gasteiger partial charge in [-0.3, -0.25) is 4.79 Å². The molecule has 1 fully saturated rings. The molecule has 7 nitrogen and oxygen atoms in total.